The van der Waals surface area contributed by atoms with E-state index in [-0.39, 0.29) is 24.5 Å². The molecule has 3 rings (SSSR count). The molecule has 136 valence electrons. The number of primary amides is 1. The normalized spacial score (nSPS) is 11.8. The van der Waals surface area contributed by atoms with Crippen molar-refractivity contribution in [3.05, 3.63) is 47.5 Å². The second kappa shape index (κ2) is 6.75. The van der Waals surface area contributed by atoms with Gasteiger partial charge in [0, 0.05) is 25.6 Å². The van der Waals surface area contributed by atoms with Crippen LogP contribution in [0.3, 0.4) is 0 Å². The number of hydrogen-bond acceptors (Lipinski definition) is 5. The Morgan fingerprint density at radius 2 is 2.15 bits per heavy atom. The monoisotopic (exact) mass is 361 g/mol. The summed E-state index contributed by atoms with van der Waals surface area (Å²) >= 11 is 0. The van der Waals surface area contributed by atoms with E-state index in [1.54, 1.807) is 18.3 Å². The summed E-state index contributed by atoms with van der Waals surface area (Å²) in [6, 6.07) is 5.96. The highest BCUT2D eigenvalue weighted by molar-refractivity contribution is 5.84. The predicted molar refractivity (Wildman–Crippen MR) is 89.8 cm³/mol. The number of nitrogens with zero attached hydrogens (tertiary/aromatic N) is 4. The summed E-state index contributed by atoms with van der Waals surface area (Å²) in [5.41, 5.74) is 6.47. The van der Waals surface area contributed by atoms with Crippen LogP contribution in [0.2, 0.25) is 0 Å². The number of pyridine rings is 2. The van der Waals surface area contributed by atoms with E-state index in [4.69, 9.17) is 10.5 Å². The van der Waals surface area contributed by atoms with Crippen molar-refractivity contribution >= 4 is 16.8 Å². The zero-order chi connectivity index (χ0) is 18.9. The summed E-state index contributed by atoms with van der Waals surface area (Å²) in [7, 11) is 1.52. The number of aromatic nitrogens is 4. The van der Waals surface area contributed by atoms with Crippen LogP contribution in [-0.2, 0) is 28.5 Å². The lowest BCUT2D eigenvalue weighted by molar-refractivity contribution is -0.117. The maximum atomic E-state index is 13.6. The van der Waals surface area contributed by atoms with Crippen LogP contribution >= 0.6 is 0 Å². The van der Waals surface area contributed by atoms with E-state index < -0.39 is 11.8 Å². The summed E-state index contributed by atoms with van der Waals surface area (Å²) in [6.45, 7) is 0.996. The van der Waals surface area contributed by atoms with Crippen LogP contribution < -0.4 is 5.73 Å². The molecule has 0 spiro atoms. The van der Waals surface area contributed by atoms with E-state index in [1.807, 2.05) is 0 Å². The van der Waals surface area contributed by atoms with Gasteiger partial charge in [-0.1, -0.05) is 6.07 Å². The van der Waals surface area contributed by atoms with E-state index in [1.165, 1.54) is 23.9 Å². The molecule has 0 aromatic carbocycles. The first-order valence-corrected chi connectivity index (χ1v) is 7.79. The van der Waals surface area contributed by atoms with E-state index in [9.17, 15) is 13.6 Å². The molecule has 3 aromatic heterocycles. The van der Waals surface area contributed by atoms with Crippen molar-refractivity contribution in [3.63, 3.8) is 0 Å². The van der Waals surface area contributed by atoms with Gasteiger partial charge < -0.3 is 10.5 Å². The van der Waals surface area contributed by atoms with Gasteiger partial charge in [-0.2, -0.15) is 13.9 Å². The van der Waals surface area contributed by atoms with Crippen molar-refractivity contribution in [1.29, 1.82) is 0 Å². The molecule has 0 saturated heterocycles. The van der Waals surface area contributed by atoms with Gasteiger partial charge in [0.25, 0.3) is 5.92 Å². The summed E-state index contributed by atoms with van der Waals surface area (Å²) in [6.07, 6.45) is 1.52. The fourth-order valence-electron chi connectivity index (χ4n) is 2.59. The van der Waals surface area contributed by atoms with Gasteiger partial charge in [0.15, 0.2) is 5.82 Å². The molecule has 0 bridgehead atoms. The molecule has 0 radical (unpaired) electrons. The maximum absolute atomic E-state index is 13.6. The second-order valence-corrected chi connectivity index (χ2v) is 5.90. The summed E-state index contributed by atoms with van der Waals surface area (Å²) in [5.74, 6) is -3.37. The van der Waals surface area contributed by atoms with Crippen molar-refractivity contribution < 1.29 is 18.3 Å². The van der Waals surface area contributed by atoms with Crippen molar-refractivity contribution in [2.24, 2.45) is 5.73 Å². The molecule has 9 heteroatoms. The topological polar surface area (TPSA) is 95.9 Å². The Labute approximate surface area is 147 Å². The number of methoxy groups -OCH3 is 1. The molecule has 0 atom stereocenters. The zero-order valence-electron chi connectivity index (χ0n) is 14.2. The lowest BCUT2D eigenvalue weighted by Gasteiger charge is -2.11. The standard InChI is InChI=1S/C17H17F2N5O2/c1-17(18,19)14-4-3-5-16(22-14)24-13-6-10(7-15(20)25)21-8-11(13)12(23-24)9-26-2/h3-6,8H,7,9H2,1-2H3,(H2,20,25). The molecule has 3 aromatic rings. The number of fused-ring (bicyclic) bond motifs is 1. The zero-order valence-corrected chi connectivity index (χ0v) is 14.2. The Bertz CT molecular complexity index is 965. The number of hydrogen-bond donors (Lipinski definition) is 1. The smallest absolute Gasteiger partial charge is 0.287 e. The van der Waals surface area contributed by atoms with Gasteiger partial charge in [-0.15, -0.1) is 0 Å². The molecular weight excluding hydrogens is 344 g/mol. The third-order valence-corrected chi connectivity index (χ3v) is 3.74. The minimum absolute atomic E-state index is 0.0404. The maximum Gasteiger partial charge on any atom is 0.287 e. The van der Waals surface area contributed by atoms with E-state index in [2.05, 4.69) is 15.1 Å². The Balaban J connectivity index is 2.19. The molecule has 1 amide bonds. The van der Waals surface area contributed by atoms with Crippen molar-refractivity contribution in [3.8, 4) is 5.82 Å². The Morgan fingerprint density at radius 1 is 1.38 bits per heavy atom. The Morgan fingerprint density at radius 3 is 2.81 bits per heavy atom. The van der Waals surface area contributed by atoms with Gasteiger partial charge >= 0.3 is 0 Å². The number of nitrogens with two attached hydrogens (primary N) is 1. The molecule has 3 heterocycles. The van der Waals surface area contributed by atoms with Crippen molar-refractivity contribution in [1.82, 2.24) is 19.7 Å². The average molecular weight is 361 g/mol. The molecular formula is C17H17F2N5O2. The van der Waals surface area contributed by atoms with Gasteiger partial charge in [-0.3, -0.25) is 9.78 Å². The first-order valence-electron chi connectivity index (χ1n) is 7.79. The van der Waals surface area contributed by atoms with Crippen LogP contribution in [0.25, 0.3) is 16.7 Å². The van der Waals surface area contributed by atoms with Crippen LogP contribution in [-0.4, -0.2) is 32.8 Å². The lowest BCUT2D eigenvalue weighted by atomic mass is 10.2. The molecule has 2 N–H and O–H groups in total. The molecule has 7 nitrogen and oxygen atoms in total. The largest absolute Gasteiger partial charge is 0.378 e. The number of halogens is 2. The second-order valence-electron chi connectivity index (χ2n) is 5.90. The third kappa shape index (κ3) is 3.52. The highest BCUT2D eigenvalue weighted by Crippen LogP contribution is 2.27. The Hall–Kier alpha value is -2.94. The molecule has 0 aliphatic rings. The van der Waals surface area contributed by atoms with E-state index in [0.29, 0.717) is 22.3 Å². The molecule has 0 aliphatic heterocycles. The van der Waals surface area contributed by atoms with Crippen LogP contribution in [0, 0.1) is 0 Å². The molecule has 0 saturated carbocycles. The van der Waals surface area contributed by atoms with Gasteiger partial charge in [0.2, 0.25) is 5.91 Å². The minimum atomic E-state index is -3.08. The summed E-state index contributed by atoms with van der Waals surface area (Å²) < 4.78 is 33.8. The van der Waals surface area contributed by atoms with E-state index in [0.717, 1.165) is 6.92 Å². The van der Waals surface area contributed by atoms with E-state index >= 15 is 0 Å². The fraction of sp³-hybridized carbons (Fsp3) is 0.294. The quantitative estimate of drug-likeness (QED) is 0.725. The first kappa shape index (κ1) is 17.9. The van der Waals surface area contributed by atoms with Gasteiger partial charge in [-0.25, -0.2) is 9.67 Å². The molecule has 26 heavy (non-hydrogen) atoms. The van der Waals surface area contributed by atoms with Gasteiger partial charge in [0.05, 0.1) is 29.9 Å². The average Bonchev–Trinajstić information content (AvgIpc) is 2.92. The third-order valence-electron chi connectivity index (χ3n) is 3.74. The molecule has 0 aliphatic carbocycles. The van der Waals surface area contributed by atoms with Gasteiger partial charge in [-0.05, 0) is 18.2 Å². The highest BCUT2D eigenvalue weighted by Gasteiger charge is 2.26. The fourth-order valence-corrected chi connectivity index (χ4v) is 2.59. The summed E-state index contributed by atoms with van der Waals surface area (Å²) in [4.78, 5) is 19.4. The molecule has 0 fully saturated rings. The lowest BCUT2D eigenvalue weighted by Crippen LogP contribution is -2.14. The number of amides is 1. The Kier molecular flexibility index (Phi) is 4.64. The number of alkyl halides is 2. The predicted octanol–water partition coefficient (Wildman–Crippen LogP) is 2.10. The minimum Gasteiger partial charge on any atom is -0.378 e. The highest BCUT2D eigenvalue weighted by atomic mass is 19.3. The van der Waals surface area contributed by atoms with Crippen LogP contribution in [0.5, 0.6) is 0 Å². The first-order chi connectivity index (χ1) is 12.3. The van der Waals surface area contributed by atoms with Crippen LogP contribution in [0.1, 0.15) is 24.0 Å². The van der Waals surface area contributed by atoms with Crippen molar-refractivity contribution in [2.45, 2.75) is 25.9 Å². The number of rotatable bonds is 6. The number of carbonyl (C=O) groups excluding carboxylic acids is 1. The summed E-state index contributed by atoms with van der Waals surface area (Å²) in [5, 5.41) is 5.10. The SMILES string of the molecule is COCc1nn(-c2cccc(C(C)(F)F)n2)c2cc(CC(N)=O)ncc12. The molecule has 0 unspecified atom stereocenters. The number of carbonyl (C=O) groups is 1. The number of ether oxygens (including phenoxy) is 1. The van der Waals surface area contributed by atoms with Crippen LogP contribution in [0.4, 0.5) is 8.78 Å². The van der Waals surface area contributed by atoms with Crippen molar-refractivity contribution in [2.75, 3.05) is 7.11 Å². The van der Waals surface area contributed by atoms with Crippen LogP contribution in [0.15, 0.2) is 30.5 Å². The van der Waals surface area contributed by atoms with Gasteiger partial charge in [0.1, 0.15) is 5.69 Å².